The molecule has 140 valence electrons. The molecule has 0 N–H and O–H groups in total. The van der Waals surface area contributed by atoms with E-state index in [9.17, 15) is 9.18 Å². The van der Waals surface area contributed by atoms with Gasteiger partial charge in [-0.25, -0.2) is 14.4 Å². The molecule has 3 aromatic rings. The Morgan fingerprint density at radius 1 is 1.26 bits per heavy atom. The molecule has 0 aliphatic carbocycles. The highest BCUT2D eigenvalue weighted by atomic mass is 35.5. The Morgan fingerprint density at radius 3 is 2.89 bits per heavy atom. The van der Waals surface area contributed by atoms with E-state index in [1.807, 2.05) is 30.5 Å². The van der Waals surface area contributed by atoms with Crippen LogP contribution >= 0.6 is 11.6 Å². The average molecular weight is 387 g/mol. The molecule has 7 heteroatoms. The maximum Gasteiger partial charge on any atom is 0.213 e. The number of alkyl halides is 1. The Balaban J connectivity index is 1.56. The van der Waals surface area contributed by atoms with Crippen molar-refractivity contribution in [2.24, 2.45) is 0 Å². The van der Waals surface area contributed by atoms with Gasteiger partial charge in [-0.15, -0.1) is 0 Å². The number of hydrogen-bond donors (Lipinski definition) is 0. The van der Waals surface area contributed by atoms with Crippen LogP contribution in [0.5, 0.6) is 0 Å². The van der Waals surface area contributed by atoms with E-state index in [4.69, 9.17) is 11.6 Å². The van der Waals surface area contributed by atoms with Crippen LogP contribution in [0.2, 0.25) is 5.15 Å². The predicted octanol–water partition coefficient (Wildman–Crippen LogP) is 3.75. The number of nitrogens with zero attached hydrogens (tertiary/aromatic N) is 4. The smallest absolute Gasteiger partial charge is 0.213 e. The van der Waals surface area contributed by atoms with Gasteiger partial charge in [0.1, 0.15) is 23.3 Å². The summed E-state index contributed by atoms with van der Waals surface area (Å²) in [6.07, 6.45) is 4.01. The third-order valence-electron chi connectivity index (χ3n) is 4.99. The Labute approximate surface area is 161 Å². The van der Waals surface area contributed by atoms with Gasteiger partial charge in [-0.1, -0.05) is 29.8 Å². The molecule has 1 aliphatic rings. The van der Waals surface area contributed by atoms with E-state index in [-0.39, 0.29) is 16.6 Å². The van der Waals surface area contributed by atoms with Crippen molar-refractivity contribution in [1.29, 1.82) is 0 Å². The Hall–Kier alpha value is -2.31. The van der Waals surface area contributed by atoms with Crippen LogP contribution in [0.3, 0.4) is 0 Å². The second-order valence-corrected chi connectivity index (χ2v) is 7.24. The minimum Gasteiger partial charge on any atom is -0.347 e. The molecule has 1 atom stereocenters. The van der Waals surface area contributed by atoms with Gasteiger partial charge in [-0.05, 0) is 25.5 Å². The first kappa shape index (κ1) is 18.1. The summed E-state index contributed by atoms with van der Waals surface area (Å²) in [6.45, 7) is 2.99. The quantitative estimate of drug-likeness (QED) is 0.478. The number of fused-ring (bicyclic) bond motifs is 1. The van der Waals surface area contributed by atoms with Crippen molar-refractivity contribution in [3.63, 3.8) is 0 Å². The molecule has 0 bridgehead atoms. The van der Waals surface area contributed by atoms with Gasteiger partial charge in [0.05, 0.1) is 0 Å². The molecule has 3 heterocycles. The van der Waals surface area contributed by atoms with Crippen LogP contribution < -0.4 is 0 Å². The summed E-state index contributed by atoms with van der Waals surface area (Å²) in [7, 11) is 0. The number of aromatic nitrogens is 3. The molecule has 2 aromatic heterocycles. The van der Waals surface area contributed by atoms with Gasteiger partial charge in [-0.3, -0.25) is 4.79 Å². The number of aryl methyl sites for hydroxylation is 1. The fraction of sp³-hybridized carbons (Fsp3) is 0.350. The van der Waals surface area contributed by atoms with Crippen LogP contribution in [0, 0.1) is 0 Å². The molecule has 0 unspecified atom stereocenters. The normalized spacial score (nSPS) is 17.6. The van der Waals surface area contributed by atoms with Crippen molar-refractivity contribution in [2.75, 3.05) is 19.6 Å². The zero-order valence-electron chi connectivity index (χ0n) is 14.8. The lowest BCUT2D eigenvalue weighted by Gasteiger charge is -2.14. The highest BCUT2D eigenvalue weighted by Crippen LogP contribution is 2.24. The first-order chi connectivity index (χ1) is 13.1. The van der Waals surface area contributed by atoms with Crippen molar-refractivity contribution in [1.82, 2.24) is 19.4 Å². The molecule has 0 spiro atoms. The highest BCUT2D eigenvalue weighted by Gasteiger charge is 2.21. The molecular weight excluding hydrogens is 367 g/mol. The second-order valence-electron chi connectivity index (χ2n) is 6.85. The lowest BCUT2D eigenvalue weighted by molar-refractivity contribution is 0.103. The van der Waals surface area contributed by atoms with Crippen molar-refractivity contribution >= 4 is 28.3 Å². The minimum atomic E-state index is -0.693. The summed E-state index contributed by atoms with van der Waals surface area (Å²) in [5.41, 5.74) is 1.89. The number of rotatable bonds is 6. The lowest BCUT2D eigenvalue weighted by atomic mass is 10.1. The van der Waals surface area contributed by atoms with Crippen molar-refractivity contribution in [2.45, 2.75) is 25.6 Å². The standard InChI is InChI=1S/C20H20ClFN4O/c21-19-10-17(23-13-24-19)20(27)16-12-26(18-5-2-1-4-15(16)18)8-3-7-25-9-6-14(22)11-25/h1-2,4-5,10,12-14H,3,6-9,11H2/t14-/m0/s1. The minimum absolute atomic E-state index is 0.172. The fourth-order valence-corrected chi connectivity index (χ4v) is 3.81. The number of hydrogen-bond acceptors (Lipinski definition) is 4. The van der Waals surface area contributed by atoms with E-state index in [0.29, 0.717) is 18.5 Å². The largest absolute Gasteiger partial charge is 0.347 e. The number of benzene rings is 1. The Kier molecular flexibility index (Phi) is 5.18. The summed E-state index contributed by atoms with van der Waals surface area (Å²) in [6, 6.07) is 9.31. The fourth-order valence-electron chi connectivity index (χ4n) is 3.66. The molecule has 1 saturated heterocycles. The zero-order valence-corrected chi connectivity index (χ0v) is 15.6. The summed E-state index contributed by atoms with van der Waals surface area (Å²) >= 11 is 5.90. The van der Waals surface area contributed by atoms with Crippen LogP contribution in [0.25, 0.3) is 10.9 Å². The number of halogens is 2. The Bertz CT molecular complexity index is 974. The van der Waals surface area contributed by atoms with Gasteiger partial charge in [0.25, 0.3) is 0 Å². The van der Waals surface area contributed by atoms with Crippen LogP contribution in [0.4, 0.5) is 4.39 Å². The van der Waals surface area contributed by atoms with Crippen molar-refractivity contribution in [3.05, 3.63) is 59.3 Å². The van der Waals surface area contributed by atoms with Gasteiger partial charge < -0.3 is 9.47 Å². The maximum atomic E-state index is 13.3. The van der Waals surface area contributed by atoms with E-state index in [1.54, 1.807) is 0 Å². The van der Waals surface area contributed by atoms with E-state index in [1.165, 1.54) is 12.4 Å². The van der Waals surface area contributed by atoms with Gasteiger partial charge in [0.2, 0.25) is 5.78 Å². The van der Waals surface area contributed by atoms with Gasteiger partial charge in [0.15, 0.2) is 0 Å². The number of carbonyl (C=O) groups excluding carboxylic acids is 1. The van der Waals surface area contributed by atoms with Crippen molar-refractivity contribution in [3.8, 4) is 0 Å². The van der Waals surface area contributed by atoms with E-state index < -0.39 is 6.17 Å². The zero-order chi connectivity index (χ0) is 18.8. The summed E-state index contributed by atoms with van der Waals surface area (Å²) in [5.74, 6) is -0.172. The number of carbonyl (C=O) groups is 1. The highest BCUT2D eigenvalue weighted by molar-refractivity contribution is 6.30. The molecule has 0 amide bonds. The predicted molar refractivity (Wildman–Crippen MR) is 103 cm³/mol. The van der Waals surface area contributed by atoms with Gasteiger partial charge in [0, 0.05) is 48.4 Å². The average Bonchev–Trinajstić information content (AvgIpc) is 3.25. The van der Waals surface area contributed by atoms with Crippen LogP contribution in [0.1, 0.15) is 28.9 Å². The molecule has 5 nitrogen and oxygen atoms in total. The molecule has 1 aliphatic heterocycles. The first-order valence-electron chi connectivity index (χ1n) is 9.08. The molecule has 27 heavy (non-hydrogen) atoms. The number of likely N-dealkylation sites (tertiary alicyclic amines) is 1. The number of para-hydroxylation sites is 1. The van der Waals surface area contributed by atoms with E-state index in [2.05, 4.69) is 19.4 Å². The summed E-state index contributed by atoms with van der Waals surface area (Å²) in [4.78, 5) is 23.0. The molecule has 1 aromatic carbocycles. The summed E-state index contributed by atoms with van der Waals surface area (Å²) < 4.78 is 15.4. The third-order valence-corrected chi connectivity index (χ3v) is 5.19. The van der Waals surface area contributed by atoms with E-state index in [0.717, 1.165) is 37.0 Å². The third kappa shape index (κ3) is 3.87. The first-order valence-corrected chi connectivity index (χ1v) is 9.46. The molecule has 0 radical (unpaired) electrons. The topological polar surface area (TPSA) is 51.0 Å². The van der Waals surface area contributed by atoms with Crippen LogP contribution in [-0.2, 0) is 6.54 Å². The molecule has 0 saturated carbocycles. The second kappa shape index (κ2) is 7.74. The maximum absolute atomic E-state index is 13.3. The number of ketones is 1. The SMILES string of the molecule is O=C(c1cc(Cl)ncn1)c1cn(CCCN2CC[C@H](F)C2)c2ccccc12. The van der Waals surface area contributed by atoms with Gasteiger partial charge in [-0.2, -0.15) is 0 Å². The molecular formula is C20H20ClFN4O. The van der Waals surface area contributed by atoms with Crippen LogP contribution in [-0.4, -0.2) is 51.0 Å². The monoisotopic (exact) mass is 386 g/mol. The lowest BCUT2D eigenvalue weighted by Crippen LogP contribution is -2.23. The van der Waals surface area contributed by atoms with Crippen LogP contribution in [0.15, 0.2) is 42.9 Å². The molecule has 4 rings (SSSR count). The van der Waals surface area contributed by atoms with Crippen molar-refractivity contribution < 1.29 is 9.18 Å². The Morgan fingerprint density at radius 2 is 2.11 bits per heavy atom. The molecule has 1 fully saturated rings. The van der Waals surface area contributed by atoms with E-state index >= 15 is 0 Å². The summed E-state index contributed by atoms with van der Waals surface area (Å²) in [5, 5.41) is 1.14. The van der Waals surface area contributed by atoms with Gasteiger partial charge >= 0.3 is 0 Å².